The third-order valence-electron chi connectivity index (χ3n) is 22.5. The summed E-state index contributed by atoms with van der Waals surface area (Å²) in [4.78, 5) is 72.1. The maximum Gasteiger partial charge on any atom is 0.305 e. The summed E-state index contributed by atoms with van der Waals surface area (Å²) in [7, 11) is 0. The zero-order valence-corrected chi connectivity index (χ0v) is 63.0. The standard InChI is InChI=1S/C23H27N5O4.C14H21N5O2.C13H22O5.C12H22O3.C11H20O4.2CH4/c1-5-23(6-2)14(3)18(31-15(4)29)22(32-23)28-13-26-17-19(24-12-25-20(17)28)27-21(30)16-10-8-7-9-11-16;1-4-14(5-2)8(3)10(20)13(21-14)19-7-18-9-11(15)16-6-17-12(9)19;1-6-13(7-2)8(3)11(16-9(4)14)12(18-13)17-10(5)15;1-6-12(7-2)8(3)9-10(15-12)14-11(4,5)13-9;1-5-11(6-12)7(2)8-9(15-11)14-10(3,4)13-8;;/h7-14,18,22H,5-6H2,1-4H3,(H,24,25,27,30);6-8,10,13,20H,4-5H2,1-3H3,(H2,15,16,17);8,11-12H,6-7H2,1-5H3;8-10H,6-7H2,1-5H3;7-9,12H,5-6H2,1-4H3;2*1H4/t14?,18-,22+;8?,10-,13+;8?,11-,12-;8?,9-,10+;7?,8-,9+,11-;;/m00000../s1. The Morgan fingerprint density at radius 2 is 0.903 bits per heavy atom. The molecule has 12 rings (SSSR count). The van der Waals surface area contributed by atoms with Crippen molar-refractivity contribution in [2.24, 2.45) is 29.6 Å². The monoisotopic (exact) mass is 1450 g/mol. The number of amides is 1. The van der Waals surface area contributed by atoms with E-state index in [9.17, 15) is 29.4 Å². The molecule has 0 saturated carbocycles. The Balaban J connectivity index is 0.000000208. The van der Waals surface area contributed by atoms with Crippen LogP contribution in [0.25, 0.3) is 22.3 Å². The van der Waals surface area contributed by atoms with Crippen molar-refractivity contribution in [2.75, 3.05) is 17.7 Å². The van der Waals surface area contributed by atoms with E-state index in [0.717, 1.165) is 57.8 Å². The minimum atomic E-state index is -0.804. The molecule has 578 valence electrons. The summed E-state index contributed by atoms with van der Waals surface area (Å²) in [5.41, 5.74) is 6.65. The fraction of sp³-hybridized carbons (Fsp3) is 0.733. The fourth-order valence-corrected chi connectivity index (χ4v) is 15.8. The number of fused-ring (bicyclic) bond motifs is 4. The van der Waals surface area contributed by atoms with Crippen molar-refractivity contribution in [1.29, 1.82) is 0 Å². The van der Waals surface area contributed by atoms with E-state index >= 15 is 0 Å². The normalized spacial score (nSPS) is 31.0. The first-order valence-corrected chi connectivity index (χ1v) is 36.1. The molecule has 11 heterocycles. The molecule has 5 unspecified atom stereocenters. The molecule has 28 nitrogen and oxygen atoms in total. The highest BCUT2D eigenvalue weighted by Gasteiger charge is 2.61. The summed E-state index contributed by atoms with van der Waals surface area (Å²) in [6, 6.07) is 8.87. The van der Waals surface area contributed by atoms with Crippen molar-refractivity contribution >= 4 is 57.8 Å². The number of nitrogens with zero attached hydrogens (tertiary/aromatic N) is 8. The van der Waals surface area contributed by atoms with E-state index in [0.29, 0.717) is 45.4 Å². The minimum absolute atomic E-state index is 0. The molecule has 7 aliphatic heterocycles. The summed E-state index contributed by atoms with van der Waals surface area (Å²) >= 11 is 0. The van der Waals surface area contributed by atoms with Gasteiger partial charge in [-0.05, 0) is 97.6 Å². The Morgan fingerprint density at radius 1 is 0.495 bits per heavy atom. The van der Waals surface area contributed by atoms with E-state index in [1.165, 1.54) is 33.4 Å². The van der Waals surface area contributed by atoms with Crippen LogP contribution in [0.5, 0.6) is 0 Å². The Hall–Kier alpha value is -6.44. The molecule has 16 atom stereocenters. The van der Waals surface area contributed by atoms with Crippen LogP contribution < -0.4 is 11.1 Å². The fourth-order valence-electron chi connectivity index (χ4n) is 15.8. The molecule has 7 saturated heterocycles. The van der Waals surface area contributed by atoms with Crippen LogP contribution in [0.4, 0.5) is 11.6 Å². The molecule has 7 aliphatic rings. The van der Waals surface area contributed by atoms with Gasteiger partial charge in [-0.15, -0.1) is 0 Å². The van der Waals surface area contributed by atoms with Crippen LogP contribution in [0.1, 0.15) is 241 Å². The smallest absolute Gasteiger partial charge is 0.305 e. The van der Waals surface area contributed by atoms with Crippen molar-refractivity contribution in [2.45, 2.75) is 319 Å². The van der Waals surface area contributed by atoms with E-state index in [1.807, 2.05) is 75.3 Å². The molecule has 4 aromatic heterocycles. The summed E-state index contributed by atoms with van der Waals surface area (Å²) in [6.45, 7) is 40.7. The Kier molecular flexibility index (Phi) is 28.6. The molecule has 1 aromatic carbocycles. The quantitative estimate of drug-likeness (QED) is 0.0496. The lowest BCUT2D eigenvalue weighted by molar-refractivity contribution is -0.238. The van der Waals surface area contributed by atoms with Crippen molar-refractivity contribution < 1.29 is 86.2 Å². The van der Waals surface area contributed by atoms with Crippen LogP contribution in [0.2, 0.25) is 0 Å². The van der Waals surface area contributed by atoms with E-state index in [-0.39, 0.29) is 93.0 Å². The Morgan fingerprint density at radius 3 is 1.38 bits per heavy atom. The first-order valence-electron chi connectivity index (χ1n) is 36.1. The van der Waals surface area contributed by atoms with Gasteiger partial charge in [0.25, 0.3) is 5.91 Å². The number of nitrogens with two attached hydrogens (primary N) is 1. The predicted molar refractivity (Wildman–Crippen MR) is 386 cm³/mol. The summed E-state index contributed by atoms with van der Waals surface area (Å²) in [5.74, 6) is -1.37. The van der Waals surface area contributed by atoms with Gasteiger partial charge in [-0.3, -0.25) is 28.3 Å². The average Bonchev–Trinajstić information content (AvgIpc) is 1.66. The number of aliphatic hydroxyl groups excluding tert-OH is 2. The number of rotatable bonds is 17. The van der Waals surface area contributed by atoms with Crippen LogP contribution in [0.3, 0.4) is 0 Å². The van der Waals surface area contributed by atoms with Crippen molar-refractivity contribution in [3.63, 3.8) is 0 Å². The van der Waals surface area contributed by atoms with Gasteiger partial charge in [-0.25, -0.2) is 29.9 Å². The zero-order chi connectivity index (χ0) is 74.5. The highest BCUT2D eigenvalue weighted by Crippen LogP contribution is 2.52. The van der Waals surface area contributed by atoms with Crippen molar-refractivity contribution in [3.8, 4) is 0 Å². The van der Waals surface area contributed by atoms with E-state index in [1.54, 1.807) is 46.1 Å². The van der Waals surface area contributed by atoms with E-state index < -0.39 is 77.4 Å². The summed E-state index contributed by atoms with van der Waals surface area (Å²) in [6.07, 6.45) is 9.57. The number of nitrogens with one attached hydrogen (secondary N) is 1. The molecule has 1 amide bonds. The SMILES string of the molecule is C.C.CCC1(CC)O[C@@H](n2cnc3c(N)ncnc32)[C@@H](O)C1C.CCC1(CC)O[C@@H](n2cnc3c(NC(=O)c4ccccc4)ncnc32)[C@@H](OC(C)=O)C1C.CCC1(CC)O[C@H](OC(C)=O)[C@@H](OC(C)=O)C1C.CCC1(CC)O[C@H]2OC(C)(C)O[C@H]2C1C.CC[C@@]1(CO)O[C@H]2OC(C)(C)O[C@H]2C1C. The molecule has 0 spiro atoms. The molecule has 103 heavy (non-hydrogen) atoms. The average molecular weight is 1450 g/mol. The third-order valence-corrected chi connectivity index (χ3v) is 22.5. The van der Waals surface area contributed by atoms with Gasteiger partial charge < -0.3 is 78.1 Å². The van der Waals surface area contributed by atoms with Crippen LogP contribution >= 0.6 is 0 Å². The topological polar surface area (TPSA) is 345 Å². The third kappa shape index (κ3) is 17.2. The lowest BCUT2D eigenvalue weighted by atomic mass is 9.83. The number of aliphatic hydroxyl groups is 2. The molecule has 5 aromatic rings. The number of aromatic nitrogens is 8. The molecule has 0 aliphatic carbocycles. The number of hydrogen-bond donors (Lipinski definition) is 4. The Bertz CT molecular complexity index is 3540. The molecule has 28 heteroatoms. The van der Waals surface area contributed by atoms with E-state index in [2.05, 4.69) is 90.6 Å². The second-order valence-electron chi connectivity index (χ2n) is 28.5. The van der Waals surface area contributed by atoms with Gasteiger partial charge in [0.05, 0.1) is 47.3 Å². The maximum absolute atomic E-state index is 12.6. The zero-order valence-electron chi connectivity index (χ0n) is 63.0. The van der Waals surface area contributed by atoms with Gasteiger partial charge in [-0.2, -0.15) is 0 Å². The number of carbonyl (C=O) groups excluding carboxylic acids is 4. The van der Waals surface area contributed by atoms with Gasteiger partial charge in [0, 0.05) is 55.9 Å². The van der Waals surface area contributed by atoms with Gasteiger partial charge in [0.2, 0.25) is 6.29 Å². The number of imidazole rings is 2. The van der Waals surface area contributed by atoms with Crippen molar-refractivity contribution in [1.82, 2.24) is 39.0 Å². The minimum Gasteiger partial charge on any atom is -0.457 e. The van der Waals surface area contributed by atoms with Gasteiger partial charge in [-0.1, -0.05) is 130 Å². The lowest BCUT2D eigenvalue weighted by Gasteiger charge is -2.33. The number of esters is 3. The number of benzene rings is 1. The largest absolute Gasteiger partial charge is 0.457 e. The predicted octanol–water partition coefficient (Wildman–Crippen LogP) is 12.5. The van der Waals surface area contributed by atoms with E-state index in [4.69, 9.17) is 62.6 Å². The van der Waals surface area contributed by atoms with Crippen LogP contribution in [0.15, 0.2) is 55.6 Å². The number of anilines is 2. The summed E-state index contributed by atoms with van der Waals surface area (Å²) < 4.78 is 73.2. The molecular weight excluding hydrogens is 1330 g/mol. The maximum atomic E-state index is 12.6. The molecule has 5 N–H and O–H groups in total. The number of carbonyl (C=O) groups is 4. The second-order valence-corrected chi connectivity index (χ2v) is 28.5. The van der Waals surface area contributed by atoms with Crippen LogP contribution in [-0.2, 0) is 71.2 Å². The number of hydrogen-bond acceptors (Lipinski definition) is 25. The number of nitrogen functional groups attached to an aromatic ring is 1. The Labute approximate surface area is 608 Å². The van der Waals surface area contributed by atoms with Gasteiger partial charge >= 0.3 is 17.9 Å². The molecule has 0 radical (unpaired) electrons. The highest BCUT2D eigenvalue weighted by atomic mass is 16.8. The highest BCUT2D eigenvalue weighted by molar-refractivity contribution is 6.06. The van der Waals surface area contributed by atoms with Gasteiger partial charge in [0.15, 0.2) is 77.3 Å². The summed E-state index contributed by atoms with van der Waals surface area (Å²) in [5, 5.41) is 22.8. The molecular formula is C75H120N10O18. The van der Waals surface area contributed by atoms with Gasteiger partial charge in [0.1, 0.15) is 36.5 Å². The first-order chi connectivity index (χ1) is 47.7. The van der Waals surface area contributed by atoms with Crippen molar-refractivity contribution in [3.05, 3.63) is 61.2 Å². The van der Waals surface area contributed by atoms with Crippen LogP contribution in [0, 0.1) is 29.6 Å². The second kappa shape index (κ2) is 34.4. The lowest BCUT2D eigenvalue weighted by Crippen LogP contribution is -2.42. The molecule has 7 fully saturated rings. The first kappa shape index (κ1) is 85.5. The van der Waals surface area contributed by atoms with Crippen LogP contribution in [-0.4, -0.2) is 169 Å². The number of ether oxygens (including phenoxy) is 12. The molecule has 0 bridgehead atoms.